The van der Waals surface area contributed by atoms with E-state index in [2.05, 4.69) is 12.2 Å². The molecule has 0 spiro atoms. The Morgan fingerprint density at radius 2 is 2.12 bits per heavy atom. The molecular weight excluding hydrogens is 305 g/mol. The number of nitrogens with one attached hydrogen (secondary N) is 1. The molecule has 0 amide bonds. The minimum absolute atomic E-state index is 0.0750. The molecule has 1 N–H and O–H groups in total. The second kappa shape index (κ2) is 8.27. The Morgan fingerprint density at radius 1 is 1.25 bits per heavy atom. The molecule has 2 aromatic carbocycles. The van der Waals surface area contributed by atoms with Crippen LogP contribution in [0.2, 0.25) is 0 Å². The van der Waals surface area contributed by atoms with Crippen molar-refractivity contribution >= 4 is 0 Å². The summed E-state index contributed by atoms with van der Waals surface area (Å²) >= 11 is 0. The van der Waals surface area contributed by atoms with Gasteiger partial charge in [0.1, 0.15) is 24.3 Å². The number of ether oxygens (including phenoxy) is 2. The van der Waals surface area contributed by atoms with Crippen LogP contribution in [-0.4, -0.2) is 32.4 Å². The molecular formula is C20H24FNO2. The smallest absolute Gasteiger partial charge is 0.123 e. The van der Waals surface area contributed by atoms with Gasteiger partial charge in [0.25, 0.3) is 0 Å². The molecule has 3 nitrogen and oxygen atoms in total. The van der Waals surface area contributed by atoms with Crippen LogP contribution in [0.15, 0.2) is 42.5 Å². The average molecular weight is 329 g/mol. The number of benzene rings is 2. The zero-order valence-corrected chi connectivity index (χ0v) is 14.1. The second-order valence-electron chi connectivity index (χ2n) is 6.05. The molecule has 128 valence electrons. The molecule has 1 fully saturated rings. The van der Waals surface area contributed by atoms with Crippen molar-refractivity contribution in [1.29, 1.82) is 0 Å². The standard InChI is InChI=1S/C20H24FNO2/c1-2-5-19-18(15-6-3-7-16(21)12-15)8-4-9-20(19)24-14-17-13-22-10-11-23-17/h3-4,6-9,12,17,22H,2,5,10-11,13-14H2,1H3/t17-/m0/s1. The van der Waals surface area contributed by atoms with Crippen LogP contribution in [0.4, 0.5) is 4.39 Å². The first-order valence-corrected chi connectivity index (χ1v) is 8.61. The van der Waals surface area contributed by atoms with Crippen molar-refractivity contribution in [3.63, 3.8) is 0 Å². The summed E-state index contributed by atoms with van der Waals surface area (Å²) in [5.74, 6) is 0.649. The van der Waals surface area contributed by atoms with Crippen molar-refractivity contribution < 1.29 is 13.9 Å². The van der Waals surface area contributed by atoms with E-state index in [-0.39, 0.29) is 11.9 Å². The first-order valence-electron chi connectivity index (χ1n) is 8.61. The van der Waals surface area contributed by atoms with Crippen LogP contribution in [-0.2, 0) is 11.2 Å². The lowest BCUT2D eigenvalue weighted by atomic mass is 9.96. The van der Waals surface area contributed by atoms with Crippen LogP contribution in [0.25, 0.3) is 11.1 Å². The van der Waals surface area contributed by atoms with Gasteiger partial charge in [0.2, 0.25) is 0 Å². The van der Waals surface area contributed by atoms with Crippen molar-refractivity contribution in [1.82, 2.24) is 5.32 Å². The van der Waals surface area contributed by atoms with Gasteiger partial charge in [-0.1, -0.05) is 37.6 Å². The molecule has 1 atom stereocenters. The molecule has 0 radical (unpaired) electrons. The minimum atomic E-state index is -0.219. The van der Waals surface area contributed by atoms with Crippen molar-refractivity contribution in [2.75, 3.05) is 26.3 Å². The summed E-state index contributed by atoms with van der Waals surface area (Å²) in [6.07, 6.45) is 1.97. The lowest BCUT2D eigenvalue weighted by molar-refractivity contribution is 0.0000231. The molecule has 3 rings (SSSR count). The Morgan fingerprint density at radius 3 is 2.88 bits per heavy atom. The highest BCUT2D eigenvalue weighted by atomic mass is 19.1. The SMILES string of the molecule is CCCc1c(OC[C@@H]2CNCCO2)cccc1-c1cccc(F)c1. The van der Waals surface area contributed by atoms with Gasteiger partial charge in [0, 0.05) is 18.7 Å². The van der Waals surface area contributed by atoms with Crippen LogP contribution in [0.1, 0.15) is 18.9 Å². The van der Waals surface area contributed by atoms with Crippen molar-refractivity contribution in [3.05, 3.63) is 53.8 Å². The second-order valence-corrected chi connectivity index (χ2v) is 6.05. The van der Waals surface area contributed by atoms with Gasteiger partial charge in [-0.05, 0) is 35.7 Å². The topological polar surface area (TPSA) is 30.5 Å². The highest BCUT2D eigenvalue weighted by Crippen LogP contribution is 2.32. The summed E-state index contributed by atoms with van der Waals surface area (Å²) in [4.78, 5) is 0. The van der Waals surface area contributed by atoms with E-state index in [4.69, 9.17) is 9.47 Å². The summed E-state index contributed by atoms with van der Waals surface area (Å²) in [5.41, 5.74) is 3.06. The Balaban J connectivity index is 1.84. The molecule has 1 saturated heterocycles. The molecule has 1 aliphatic rings. The lowest BCUT2D eigenvalue weighted by Crippen LogP contribution is -2.41. The predicted octanol–water partition coefficient (Wildman–Crippen LogP) is 3.81. The number of rotatable bonds is 6. The first kappa shape index (κ1) is 16.9. The van der Waals surface area contributed by atoms with Crippen molar-refractivity contribution in [3.8, 4) is 16.9 Å². The fourth-order valence-corrected chi connectivity index (χ4v) is 3.04. The van der Waals surface area contributed by atoms with Crippen LogP contribution in [0.5, 0.6) is 5.75 Å². The molecule has 1 heterocycles. The van der Waals surface area contributed by atoms with Gasteiger partial charge in [-0.25, -0.2) is 4.39 Å². The molecule has 0 unspecified atom stereocenters. The van der Waals surface area contributed by atoms with Gasteiger partial charge < -0.3 is 14.8 Å². The number of hydrogen-bond donors (Lipinski definition) is 1. The van der Waals surface area contributed by atoms with Crippen LogP contribution in [0, 0.1) is 5.82 Å². The zero-order valence-electron chi connectivity index (χ0n) is 14.1. The fourth-order valence-electron chi connectivity index (χ4n) is 3.04. The van der Waals surface area contributed by atoms with Gasteiger partial charge in [0.05, 0.1) is 6.61 Å². The summed E-state index contributed by atoms with van der Waals surface area (Å²) in [7, 11) is 0. The van der Waals surface area contributed by atoms with E-state index in [1.54, 1.807) is 12.1 Å². The van der Waals surface area contributed by atoms with E-state index in [1.807, 2.05) is 24.3 Å². The van der Waals surface area contributed by atoms with E-state index in [1.165, 1.54) is 6.07 Å². The Hall–Kier alpha value is -1.91. The van der Waals surface area contributed by atoms with E-state index in [9.17, 15) is 4.39 Å². The minimum Gasteiger partial charge on any atom is -0.491 e. The van der Waals surface area contributed by atoms with Gasteiger partial charge in [-0.3, -0.25) is 0 Å². The predicted molar refractivity (Wildman–Crippen MR) is 93.9 cm³/mol. The zero-order chi connectivity index (χ0) is 16.8. The third kappa shape index (κ3) is 4.13. The average Bonchev–Trinajstić information content (AvgIpc) is 2.62. The normalized spacial score (nSPS) is 17.7. The Labute approximate surface area is 142 Å². The van der Waals surface area contributed by atoms with Crippen molar-refractivity contribution in [2.45, 2.75) is 25.9 Å². The maximum Gasteiger partial charge on any atom is 0.123 e. The Bertz CT molecular complexity index is 668. The lowest BCUT2D eigenvalue weighted by Gasteiger charge is -2.24. The van der Waals surface area contributed by atoms with Crippen LogP contribution < -0.4 is 10.1 Å². The maximum absolute atomic E-state index is 13.6. The van der Waals surface area contributed by atoms with Gasteiger partial charge in [-0.15, -0.1) is 0 Å². The Kier molecular flexibility index (Phi) is 5.83. The van der Waals surface area contributed by atoms with Gasteiger partial charge in [-0.2, -0.15) is 0 Å². The highest BCUT2D eigenvalue weighted by molar-refractivity contribution is 5.70. The van der Waals surface area contributed by atoms with Crippen LogP contribution >= 0.6 is 0 Å². The number of hydrogen-bond acceptors (Lipinski definition) is 3. The molecule has 0 aromatic heterocycles. The number of halogens is 1. The van der Waals surface area contributed by atoms with Gasteiger partial charge >= 0.3 is 0 Å². The largest absolute Gasteiger partial charge is 0.491 e. The van der Waals surface area contributed by atoms with Crippen molar-refractivity contribution in [2.24, 2.45) is 0 Å². The monoisotopic (exact) mass is 329 g/mol. The van der Waals surface area contributed by atoms with Gasteiger partial charge in [0.15, 0.2) is 0 Å². The molecule has 2 aromatic rings. The third-order valence-corrected chi connectivity index (χ3v) is 4.20. The van der Waals surface area contributed by atoms with Crippen LogP contribution in [0.3, 0.4) is 0 Å². The summed E-state index contributed by atoms with van der Waals surface area (Å²) < 4.78 is 25.4. The summed E-state index contributed by atoms with van der Waals surface area (Å²) in [6.45, 7) is 5.09. The molecule has 0 bridgehead atoms. The van der Waals surface area contributed by atoms with E-state index in [0.29, 0.717) is 6.61 Å². The maximum atomic E-state index is 13.6. The summed E-state index contributed by atoms with van der Waals surface area (Å²) in [6, 6.07) is 12.7. The third-order valence-electron chi connectivity index (χ3n) is 4.20. The molecule has 4 heteroatoms. The van der Waals surface area contributed by atoms with E-state index >= 15 is 0 Å². The number of morpholine rings is 1. The summed E-state index contributed by atoms with van der Waals surface area (Å²) in [5, 5.41) is 3.31. The van der Waals surface area contributed by atoms with E-state index < -0.39 is 0 Å². The molecule has 0 saturated carbocycles. The quantitative estimate of drug-likeness (QED) is 0.874. The highest BCUT2D eigenvalue weighted by Gasteiger charge is 2.16. The molecule has 0 aliphatic carbocycles. The van der Waals surface area contributed by atoms with E-state index in [0.717, 1.165) is 55.0 Å². The fraction of sp³-hybridized carbons (Fsp3) is 0.400. The molecule has 24 heavy (non-hydrogen) atoms. The first-order chi connectivity index (χ1) is 11.8. The molecule has 1 aliphatic heterocycles.